The van der Waals surface area contributed by atoms with E-state index >= 15 is 0 Å². The molecule has 0 spiro atoms. The van der Waals surface area contributed by atoms with Gasteiger partial charge in [0.1, 0.15) is 0 Å². The number of carbonyl (C=O) groups excluding carboxylic acids is 2. The molecule has 102 valence electrons. The van der Waals surface area contributed by atoms with E-state index in [1.54, 1.807) is 11.0 Å². The SMILES string of the molecule is C=CCN1C[N+](C)(CCC)C(=O)N(CCC)C1=O. The van der Waals surface area contributed by atoms with Crippen molar-refractivity contribution in [2.45, 2.75) is 26.7 Å². The van der Waals surface area contributed by atoms with Crippen molar-refractivity contribution < 1.29 is 14.1 Å². The Kier molecular flexibility index (Phi) is 4.90. The number of rotatable bonds is 6. The average Bonchev–Trinajstić information content (AvgIpc) is 2.32. The Labute approximate surface area is 109 Å². The lowest BCUT2D eigenvalue weighted by Gasteiger charge is -2.43. The highest BCUT2D eigenvalue weighted by atomic mass is 16.2. The molecule has 0 aromatic heterocycles. The summed E-state index contributed by atoms with van der Waals surface area (Å²) in [6, 6.07) is -0.266. The summed E-state index contributed by atoms with van der Waals surface area (Å²) in [6.07, 6.45) is 3.40. The van der Waals surface area contributed by atoms with E-state index in [0.717, 1.165) is 19.4 Å². The molecule has 5 heteroatoms. The topological polar surface area (TPSA) is 40.6 Å². The van der Waals surface area contributed by atoms with Crippen LogP contribution in [0.2, 0.25) is 0 Å². The molecule has 18 heavy (non-hydrogen) atoms. The lowest BCUT2D eigenvalue weighted by Crippen LogP contribution is -2.69. The van der Waals surface area contributed by atoms with Crippen LogP contribution < -0.4 is 0 Å². The van der Waals surface area contributed by atoms with Crippen LogP contribution in [-0.2, 0) is 0 Å². The fraction of sp³-hybridized carbons (Fsp3) is 0.692. The third kappa shape index (κ3) is 2.72. The van der Waals surface area contributed by atoms with Gasteiger partial charge in [0.2, 0.25) is 0 Å². The molecule has 1 heterocycles. The van der Waals surface area contributed by atoms with Gasteiger partial charge in [0.05, 0.1) is 13.6 Å². The van der Waals surface area contributed by atoms with Crippen molar-refractivity contribution in [2.75, 3.05) is 33.4 Å². The predicted molar refractivity (Wildman–Crippen MR) is 70.9 cm³/mol. The van der Waals surface area contributed by atoms with Crippen molar-refractivity contribution in [2.24, 2.45) is 0 Å². The minimum Gasteiger partial charge on any atom is -0.272 e. The van der Waals surface area contributed by atoms with E-state index in [1.807, 2.05) is 14.0 Å². The first-order chi connectivity index (χ1) is 8.50. The third-order valence-electron chi connectivity index (χ3n) is 3.19. The van der Waals surface area contributed by atoms with Crippen molar-refractivity contribution in [3.8, 4) is 0 Å². The Morgan fingerprint density at radius 3 is 2.50 bits per heavy atom. The van der Waals surface area contributed by atoms with E-state index in [4.69, 9.17) is 0 Å². The molecule has 1 aliphatic rings. The molecular formula is C13H24N3O2+. The van der Waals surface area contributed by atoms with E-state index in [1.165, 1.54) is 4.90 Å². The smallest absolute Gasteiger partial charge is 0.272 e. The van der Waals surface area contributed by atoms with Gasteiger partial charge in [-0.25, -0.2) is 19.0 Å². The van der Waals surface area contributed by atoms with Gasteiger partial charge >= 0.3 is 12.1 Å². The molecule has 0 bridgehead atoms. The monoisotopic (exact) mass is 254 g/mol. The highest BCUT2D eigenvalue weighted by molar-refractivity contribution is 5.92. The van der Waals surface area contributed by atoms with Crippen molar-refractivity contribution >= 4 is 12.1 Å². The largest absolute Gasteiger partial charge is 0.428 e. The maximum absolute atomic E-state index is 12.4. The summed E-state index contributed by atoms with van der Waals surface area (Å²) in [5.74, 6) is 0. The van der Waals surface area contributed by atoms with Crippen LogP contribution in [0.1, 0.15) is 26.7 Å². The molecule has 1 rings (SSSR count). The number of nitrogens with zero attached hydrogens (tertiary/aromatic N) is 3. The van der Waals surface area contributed by atoms with Crippen LogP contribution in [0, 0.1) is 0 Å². The normalized spacial score (nSPS) is 24.6. The quantitative estimate of drug-likeness (QED) is 0.539. The first-order valence-corrected chi connectivity index (χ1v) is 6.56. The van der Waals surface area contributed by atoms with Crippen LogP contribution in [-0.4, -0.2) is 59.7 Å². The van der Waals surface area contributed by atoms with Gasteiger partial charge < -0.3 is 0 Å². The Bertz CT molecular complexity index is 343. The summed E-state index contributed by atoms with van der Waals surface area (Å²) in [4.78, 5) is 27.7. The highest BCUT2D eigenvalue weighted by Gasteiger charge is 2.46. The molecule has 4 amide bonds. The van der Waals surface area contributed by atoms with Gasteiger partial charge in [-0.15, -0.1) is 6.58 Å². The van der Waals surface area contributed by atoms with E-state index in [0.29, 0.717) is 19.8 Å². The van der Waals surface area contributed by atoms with Crippen molar-refractivity contribution in [1.82, 2.24) is 9.80 Å². The first kappa shape index (κ1) is 14.7. The summed E-state index contributed by atoms with van der Waals surface area (Å²) in [6.45, 7) is 9.86. The summed E-state index contributed by atoms with van der Waals surface area (Å²) < 4.78 is 0.274. The second-order valence-corrected chi connectivity index (χ2v) is 4.99. The van der Waals surface area contributed by atoms with Crippen LogP contribution in [0.4, 0.5) is 9.59 Å². The molecule has 5 nitrogen and oxygen atoms in total. The van der Waals surface area contributed by atoms with Gasteiger partial charge in [-0.05, 0) is 12.8 Å². The number of hydrogen-bond donors (Lipinski definition) is 0. The lowest BCUT2D eigenvalue weighted by atomic mass is 10.3. The van der Waals surface area contributed by atoms with E-state index < -0.39 is 0 Å². The Morgan fingerprint density at radius 2 is 2.00 bits per heavy atom. The highest BCUT2D eigenvalue weighted by Crippen LogP contribution is 2.20. The summed E-state index contributed by atoms with van der Waals surface area (Å²) in [5.41, 5.74) is 0. The molecule has 1 saturated heterocycles. The second kappa shape index (κ2) is 6.00. The fourth-order valence-electron chi connectivity index (χ4n) is 2.41. The maximum Gasteiger partial charge on any atom is 0.428 e. The molecule has 0 N–H and O–H groups in total. The Hall–Kier alpha value is -1.36. The van der Waals surface area contributed by atoms with Crippen molar-refractivity contribution in [3.63, 3.8) is 0 Å². The molecule has 0 radical (unpaired) electrons. The molecule has 1 atom stereocenters. The van der Waals surface area contributed by atoms with Crippen LogP contribution in [0.15, 0.2) is 12.7 Å². The fourth-order valence-corrected chi connectivity index (χ4v) is 2.41. The minimum atomic E-state index is -0.187. The molecular weight excluding hydrogens is 230 g/mol. The van der Waals surface area contributed by atoms with Crippen LogP contribution in [0.3, 0.4) is 0 Å². The number of urea groups is 2. The minimum absolute atomic E-state index is 0.0796. The molecule has 1 unspecified atom stereocenters. The maximum atomic E-state index is 12.4. The Morgan fingerprint density at radius 1 is 1.33 bits per heavy atom. The average molecular weight is 254 g/mol. The van der Waals surface area contributed by atoms with Crippen molar-refractivity contribution in [1.29, 1.82) is 0 Å². The van der Waals surface area contributed by atoms with E-state index in [-0.39, 0.29) is 16.5 Å². The zero-order valence-corrected chi connectivity index (χ0v) is 11.7. The van der Waals surface area contributed by atoms with Crippen LogP contribution in [0.5, 0.6) is 0 Å². The van der Waals surface area contributed by atoms with E-state index in [2.05, 4.69) is 13.5 Å². The van der Waals surface area contributed by atoms with E-state index in [9.17, 15) is 9.59 Å². The van der Waals surface area contributed by atoms with Gasteiger partial charge in [0, 0.05) is 13.1 Å². The molecule has 1 fully saturated rings. The summed E-state index contributed by atoms with van der Waals surface area (Å²) in [7, 11) is 1.90. The number of imide groups is 1. The molecule has 0 aliphatic carbocycles. The van der Waals surface area contributed by atoms with Gasteiger partial charge in [0.15, 0.2) is 6.67 Å². The van der Waals surface area contributed by atoms with Crippen molar-refractivity contribution in [3.05, 3.63) is 12.7 Å². The number of amides is 4. The van der Waals surface area contributed by atoms with Gasteiger partial charge in [-0.1, -0.05) is 19.9 Å². The third-order valence-corrected chi connectivity index (χ3v) is 3.19. The number of hydrogen-bond acceptors (Lipinski definition) is 2. The number of quaternary nitrogens is 1. The zero-order chi connectivity index (χ0) is 13.8. The van der Waals surface area contributed by atoms with Gasteiger partial charge in [-0.3, -0.25) is 4.90 Å². The molecule has 0 saturated carbocycles. The second-order valence-electron chi connectivity index (χ2n) is 4.99. The number of carbonyl (C=O) groups is 2. The van der Waals surface area contributed by atoms with Crippen LogP contribution in [0.25, 0.3) is 0 Å². The van der Waals surface area contributed by atoms with Gasteiger partial charge in [-0.2, -0.15) is 0 Å². The first-order valence-electron chi connectivity index (χ1n) is 6.56. The summed E-state index contributed by atoms with van der Waals surface area (Å²) in [5, 5.41) is 0. The zero-order valence-electron chi connectivity index (χ0n) is 11.7. The van der Waals surface area contributed by atoms with Gasteiger partial charge in [0.25, 0.3) is 0 Å². The Balaban J connectivity index is 2.99. The standard InChI is InChI=1S/C13H24N3O2/c1-5-8-14-11-16(4,10-7-3)13(18)15(9-6-2)12(14)17/h5H,1,6-11H2,2-4H3/q+1. The lowest BCUT2D eigenvalue weighted by molar-refractivity contribution is -0.846. The summed E-state index contributed by atoms with van der Waals surface area (Å²) >= 11 is 0. The molecule has 0 aromatic rings. The molecule has 1 aliphatic heterocycles. The predicted octanol–water partition coefficient (Wildman–Crippen LogP) is 2.25. The van der Waals surface area contributed by atoms with Crippen LogP contribution >= 0.6 is 0 Å². The molecule has 0 aromatic carbocycles.